The molecule has 0 amide bonds. The normalized spacial score (nSPS) is 23.5. The van der Waals surface area contributed by atoms with E-state index in [4.69, 9.17) is 0 Å². The molecular weight excluding hydrogens is 314 g/mol. The van der Waals surface area contributed by atoms with Crippen LogP contribution < -0.4 is 5.32 Å². The van der Waals surface area contributed by atoms with Gasteiger partial charge in [0, 0.05) is 17.2 Å². The van der Waals surface area contributed by atoms with Crippen LogP contribution >= 0.6 is 0 Å². The van der Waals surface area contributed by atoms with Crippen LogP contribution in [0.15, 0.2) is 54.6 Å². The fourth-order valence-corrected chi connectivity index (χ4v) is 4.08. The number of nitrogens with one attached hydrogen (secondary N) is 1. The van der Waals surface area contributed by atoms with Gasteiger partial charge in [-0.1, -0.05) is 30.4 Å². The number of allylic oxidation sites excluding steroid dienone is 2. The second kappa shape index (κ2) is 5.88. The highest BCUT2D eigenvalue weighted by molar-refractivity contribution is 5.95. The van der Waals surface area contributed by atoms with E-state index in [1.54, 1.807) is 19.1 Å². The molecule has 4 heteroatoms. The number of ketones is 1. The summed E-state index contributed by atoms with van der Waals surface area (Å²) >= 11 is 0. The van der Waals surface area contributed by atoms with E-state index in [-0.39, 0.29) is 23.7 Å². The number of hydrogen-bond donors (Lipinski definition) is 2. The SMILES string of the molecule is CC(=O)c1ccc2c(c1)[C@@H]1C=CC[C@@H]1[C@@H](c1ccccc1C(=O)O)N2. The molecule has 4 nitrogen and oxygen atoms in total. The number of carboxylic acids is 1. The number of fused-ring (bicyclic) bond motifs is 3. The number of anilines is 1. The molecule has 4 rings (SSSR count). The highest BCUT2D eigenvalue weighted by Crippen LogP contribution is 2.50. The second-order valence-electron chi connectivity index (χ2n) is 6.73. The molecule has 2 aromatic rings. The van der Waals surface area contributed by atoms with Crippen molar-refractivity contribution in [3.63, 3.8) is 0 Å². The van der Waals surface area contributed by atoms with Crippen molar-refractivity contribution < 1.29 is 14.7 Å². The highest BCUT2D eigenvalue weighted by atomic mass is 16.4. The zero-order valence-electron chi connectivity index (χ0n) is 13.9. The Labute approximate surface area is 146 Å². The van der Waals surface area contributed by atoms with Gasteiger partial charge < -0.3 is 10.4 Å². The molecule has 25 heavy (non-hydrogen) atoms. The molecule has 2 aliphatic rings. The van der Waals surface area contributed by atoms with Gasteiger partial charge in [-0.2, -0.15) is 0 Å². The molecule has 1 heterocycles. The maximum Gasteiger partial charge on any atom is 0.336 e. The molecule has 0 aromatic heterocycles. The lowest BCUT2D eigenvalue weighted by atomic mass is 9.75. The van der Waals surface area contributed by atoms with Gasteiger partial charge in [0.1, 0.15) is 0 Å². The molecule has 1 aliphatic heterocycles. The molecule has 3 atom stereocenters. The van der Waals surface area contributed by atoms with Crippen molar-refractivity contribution in [3.05, 3.63) is 76.9 Å². The number of carboxylic acid groups (broad SMARTS) is 1. The maximum atomic E-state index is 11.7. The zero-order valence-corrected chi connectivity index (χ0v) is 13.9. The first-order chi connectivity index (χ1) is 12.1. The summed E-state index contributed by atoms with van der Waals surface area (Å²) in [4.78, 5) is 23.4. The number of aromatic carboxylic acids is 1. The molecule has 0 fully saturated rings. The number of carbonyl (C=O) groups excluding carboxylic acids is 1. The summed E-state index contributed by atoms with van der Waals surface area (Å²) in [6.07, 6.45) is 5.23. The molecule has 0 unspecified atom stereocenters. The highest BCUT2D eigenvalue weighted by Gasteiger charge is 2.39. The largest absolute Gasteiger partial charge is 0.478 e. The van der Waals surface area contributed by atoms with Gasteiger partial charge in [0.25, 0.3) is 0 Å². The Bertz CT molecular complexity index is 900. The maximum absolute atomic E-state index is 11.7. The van der Waals surface area contributed by atoms with Gasteiger partial charge in [0.05, 0.1) is 11.6 Å². The van der Waals surface area contributed by atoms with Crippen LogP contribution in [0.4, 0.5) is 5.69 Å². The average molecular weight is 333 g/mol. The average Bonchev–Trinajstić information content (AvgIpc) is 3.10. The topological polar surface area (TPSA) is 66.4 Å². The van der Waals surface area contributed by atoms with E-state index in [0.29, 0.717) is 11.1 Å². The Morgan fingerprint density at radius 1 is 1.12 bits per heavy atom. The minimum absolute atomic E-state index is 0.0553. The Morgan fingerprint density at radius 3 is 2.68 bits per heavy atom. The van der Waals surface area contributed by atoms with Crippen molar-refractivity contribution in [2.24, 2.45) is 5.92 Å². The molecule has 0 bridgehead atoms. The quantitative estimate of drug-likeness (QED) is 0.645. The monoisotopic (exact) mass is 333 g/mol. The van der Waals surface area contributed by atoms with Crippen molar-refractivity contribution in [3.8, 4) is 0 Å². The van der Waals surface area contributed by atoms with Crippen LogP contribution in [-0.4, -0.2) is 16.9 Å². The summed E-state index contributed by atoms with van der Waals surface area (Å²) in [6.45, 7) is 1.58. The zero-order chi connectivity index (χ0) is 17.6. The van der Waals surface area contributed by atoms with Crippen LogP contribution in [0.2, 0.25) is 0 Å². The third-order valence-corrected chi connectivity index (χ3v) is 5.30. The predicted molar refractivity (Wildman–Crippen MR) is 96.2 cm³/mol. The molecule has 0 spiro atoms. The Kier molecular flexibility index (Phi) is 3.68. The third kappa shape index (κ3) is 2.54. The lowest BCUT2D eigenvalue weighted by Gasteiger charge is -2.38. The van der Waals surface area contributed by atoms with Gasteiger partial charge in [-0.15, -0.1) is 0 Å². The van der Waals surface area contributed by atoms with Crippen molar-refractivity contribution in [1.82, 2.24) is 0 Å². The standard InChI is InChI=1S/C21H19NO3/c1-12(23)13-9-10-19-18(11-13)14-7-4-8-15(14)20(22-19)16-5-2-3-6-17(16)21(24)25/h2-7,9-11,14-15,20,22H,8H2,1H3,(H,24,25)/t14-,15+,20+/m1/s1. The van der Waals surface area contributed by atoms with Gasteiger partial charge in [0.15, 0.2) is 5.78 Å². The van der Waals surface area contributed by atoms with Crippen LogP contribution in [-0.2, 0) is 0 Å². The van der Waals surface area contributed by atoms with Gasteiger partial charge >= 0.3 is 5.97 Å². The van der Waals surface area contributed by atoms with Crippen molar-refractivity contribution in [2.75, 3.05) is 5.32 Å². The Balaban J connectivity index is 1.81. The van der Waals surface area contributed by atoms with Crippen LogP contribution in [0, 0.1) is 5.92 Å². The summed E-state index contributed by atoms with van der Waals surface area (Å²) in [7, 11) is 0. The first-order valence-electron chi connectivity index (χ1n) is 8.46. The summed E-state index contributed by atoms with van der Waals surface area (Å²) in [5.41, 5.74) is 3.96. The first kappa shape index (κ1) is 15.6. The Hall–Kier alpha value is -2.88. The summed E-state index contributed by atoms with van der Waals surface area (Å²) in [5, 5.41) is 13.1. The van der Waals surface area contributed by atoms with E-state index < -0.39 is 5.97 Å². The molecule has 0 saturated heterocycles. The molecule has 2 aromatic carbocycles. The molecule has 0 saturated carbocycles. The van der Waals surface area contributed by atoms with Crippen LogP contribution in [0.3, 0.4) is 0 Å². The predicted octanol–water partition coefficient (Wildman–Crippen LogP) is 4.41. The summed E-state index contributed by atoms with van der Waals surface area (Å²) in [6, 6.07) is 12.9. The van der Waals surface area contributed by atoms with Gasteiger partial charge in [-0.05, 0) is 54.7 Å². The first-order valence-corrected chi connectivity index (χ1v) is 8.46. The van der Waals surface area contributed by atoms with Crippen LogP contribution in [0.1, 0.15) is 57.1 Å². The van der Waals surface area contributed by atoms with E-state index >= 15 is 0 Å². The summed E-state index contributed by atoms with van der Waals surface area (Å²) < 4.78 is 0. The second-order valence-corrected chi connectivity index (χ2v) is 6.73. The number of carbonyl (C=O) groups is 2. The molecule has 0 radical (unpaired) electrons. The van der Waals surface area contributed by atoms with Crippen LogP contribution in [0.5, 0.6) is 0 Å². The fourth-order valence-electron chi connectivity index (χ4n) is 4.08. The van der Waals surface area contributed by atoms with Crippen LogP contribution in [0.25, 0.3) is 0 Å². The smallest absolute Gasteiger partial charge is 0.336 e. The minimum atomic E-state index is -0.905. The van der Waals surface area contributed by atoms with E-state index in [1.165, 1.54) is 0 Å². The van der Waals surface area contributed by atoms with E-state index in [0.717, 1.165) is 23.2 Å². The fraction of sp³-hybridized carbons (Fsp3) is 0.238. The number of hydrogen-bond acceptors (Lipinski definition) is 3. The third-order valence-electron chi connectivity index (χ3n) is 5.30. The number of benzene rings is 2. The summed E-state index contributed by atoms with van der Waals surface area (Å²) in [5.74, 6) is -0.407. The molecule has 1 aliphatic carbocycles. The van der Waals surface area contributed by atoms with Crippen molar-refractivity contribution in [2.45, 2.75) is 25.3 Å². The minimum Gasteiger partial charge on any atom is -0.478 e. The van der Waals surface area contributed by atoms with Crippen molar-refractivity contribution in [1.29, 1.82) is 0 Å². The Morgan fingerprint density at radius 2 is 1.92 bits per heavy atom. The molecule has 126 valence electrons. The van der Waals surface area contributed by atoms with E-state index in [1.807, 2.05) is 30.3 Å². The van der Waals surface area contributed by atoms with Gasteiger partial charge in [0.2, 0.25) is 0 Å². The van der Waals surface area contributed by atoms with Gasteiger partial charge in [-0.25, -0.2) is 4.79 Å². The number of Topliss-reactive ketones (excluding diaryl/α,β-unsaturated/α-hetero) is 1. The van der Waals surface area contributed by atoms with Gasteiger partial charge in [-0.3, -0.25) is 4.79 Å². The van der Waals surface area contributed by atoms with E-state index in [9.17, 15) is 14.7 Å². The lowest BCUT2D eigenvalue weighted by molar-refractivity contribution is 0.0694. The molecule has 2 N–H and O–H groups in total. The lowest BCUT2D eigenvalue weighted by Crippen LogP contribution is -2.30. The number of rotatable bonds is 3. The van der Waals surface area contributed by atoms with Crippen molar-refractivity contribution >= 4 is 17.4 Å². The van der Waals surface area contributed by atoms with E-state index in [2.05, 4.69) is 17.5 Å². The molecular formula is C21H19NO3.